The van der Waals surface area contributed by atoms with Crippen LogP contribution >= 0.6 is 0 Å². The van der Waals surface area contributed by atoms with Gasteiger partial charge in [0, 0.05) is 13.1 Å². The fraction of sp³-hybridized carbons (Fsp3) is 0.571. The Morgan fingerprint density at radius 2 is 0.474 bits per heavy atom. The maximum Gasteiger partial charge on any atom is 0.262 e. The van der Waals surface area contributed by atoms with Gasteiger partial charge in [-0.1, -0.05) is 280 Å². The zero-order valence-electron chi connectivity index (χ0n) is 47.7. The Labute approximate surface area is 454 Å². The summed E-state index contributed by atoms with van der Waals surface area (Å²) in [5, 5.41) is 11.1. The SMILES string of the molecule is CCCCCCCCCCC(CCCCCCCC)Cn1c(=O)c2c3ccccc3c3c4ccc5c6c(=O)n(CC(CCCCCCCC)CCCCCCCCCC)c(=O)c6c6ccccc6c5c4ccc3c2c1=O. The molecular formula is C70H94N2O4. The van der Waals surface area contributed by atoms with E-state index in [1.165, 1.54) is 154 Å². The summed E-state index contributed by atoms with van der Waals surface area (Å²) in [6.45, 7) is 9.98. The van der Waals surface area contributed by atoms with E-state index >= 15 is 9.59 Å². The lowest BCUT2D eigenvalue weighted by Crippen LogP contribution is -2.29. The van der Waals surface area contributed by atoms with Gasteiger partial charge in [-0.3, -0.25) is 28.3 Å². The van der Waals surface area contributed by atoms with Gasteiger partial charge in [0.2, 0.25) is 0 Å². The maximum absolute atomic E-state index is 15.0. The minimum absolute atomic E-state index is 0.165. The topological polar surface area (TPSA) is 78.1 Å². The summed E-state index contributed by atoms with van der Waals surface area (Å²) >= 11 is 0. The normalized spacial score (nSPS) is 13.1. The summed E-state index contributed by atoms with van der Waals surface area (Å²) in [6, 6.07) is 24.6. The van der Waals surface area contributed by atoms with Crippen LogP contribution in [0, 0.1) is 11.8 Å². The van der Waals surface area contributed by atoms with Gasteiger partial charge in [-0.2, -0.15) is 0 Å². The minimum atomic E-state index is -0.176. The number of benzene rings is 6. The molecule has 8 rings (SSSR count). The Hall–Kier alpha value is -5.10. The lowest BCUT2D eigenvalue weighted by atomic mass is 9.88. The van der Waals surface area contributed by atoms with Crippen LogP contribution in [0.15, 0.2) is 92.0 Å². The molecule has 0 saturated carbocycles. The van der Waals surface area contributed by atoms with Crippen molar-refractivity contribution in [1.82, 2.24) is 9.13 Å². The van der Waals surface area contributed by atoms with Gasteiger partial charge in [-0.25, -0.2) is 0 Å². The van der Waals surface area contributed by atoms with Crippen LogP contribution in [0.3, 0.4) is 0 Å². The highest BCUT2D eigenvalue weighted by atomic mass is 16.2. The third kappa shape index (κ3) is 13.2. The van der Waals surface area contributed by atoms with Crippen molar-refractivity contribution in [2.24, 2.45) is 11.8 Å². The predicted octanol–water partition coefficient (Wildman–Crippen LogP) is 19.5. The van der Waals surface area contributed by atoms with Crippen LogP contribution < -0.4 is 22.2 Å². The first kappa shape index (κ1) is 57.1. The second kappa shape index (κ2) is 29.0. The molecule has 6 aromatic carbocycles. The van der Waals surface area contributed by atoms with E-state index in [2.05, 4.69) is 64.1 Å². The van der Waals surface area contributed by atoms with Crippen molar-refractivity contribution >= 4 is 75.4 Å². The lowest BCUT2D eigenvalue weighted by molar-refractivity contribution is 0.351. The Morgan fingerprint density at radius 1 is 0.263 bits per heavy atom. The Morgan fingerprint density at radius 3 is 0.750 bits per heavy atom. The Bertz CT molecular complexity index is 3120. The fourth-order valence-electron chi connectivity index (χ4n) is 13.5. The maximum atomic E-state index is 15.0. The minimum Gasteiger partial charge on any atom is -0.274 e. The lowest BCUT2D eigenvalue weighted by Gasteiger charge is -2.17. The molecule has 0 aliphatic carbocycles. The van der Waals surface area contributed by atoms with Crippen molar-refractivity contribution in [2.45, 2.75) is 246 Å². The molecule has 76 heavy (non-hydrogen) atoms. The van der Waals surface area contributed by atoms with Gasteiger partial charge in [0.15, 0.2) is 0 Å². The molecule has 0 N–H and O–H groups in total. The molecule has 2 heterocycles. The smallest absolute Gasteiger partial charge is 0.262 e. The molecule has 0 amide bonds. The zero-order valence-corrected chi connectivity index (χ0v) is 47.7. The van der Waals surface area contributed by atoms with Crippen molar-refractivity contribution in [1.29, 1.82) is 0 Å². The summed E-state index contributed by atoms with van der Waals surface area (Å²) in [4.78, 5) is 59.8. The molecule has 2 unspecified atom stereocenters. The van der Waals surface area contributed by atoms with E-state index in [1.54, 1.807) is 9.13 Å². The van der Waals surface area contributed by atoms with Crippen LogP contribution in [-0.2, 0) is 13.1 Å². The number of rotatable bonds is 36. The highest BCUT2D eigenvalue weighted by molar-refractivity contribution is 6.37. The van der Waals surface area contributed by atoms with Crippen molar-refractivity contribution in [3.05, 3.63) is 114 Å². The van der Waals surface area contributed by atoms with Gasteiger partial charge in [0.25, 0.3) is 22.2 Å². The van der Waals surface area contributed by atoms with E-state index < -0.39 is 0 Å². The third-order valence-electron chi connectivity index (χ3n) is 17.8. The van der Waals surface area contributed by atoms with Gasteiger partial charge in [-0.05, 0) is 91.4 Å². The number of hydrogen-bond donors (Lipinski definition) is 0. The van der Waals surface area contributed by atoms with E-state index in [-0.39, 0.29) is 34.1 Å². The predicted molar refractivity (Wildman–Crippen MR) is 330 cm³/mol. The molecule has 0 saturated heterocycles. The van der Waals surface area contributed by atoms with Crippen molar-refractivity contribution < 1.29 is 0 Å². The van der Waals surface area contributed by atoms with Crippen molar-refractivity contribution in [2.75, 3.05) is 0 Å². The molecule has 8 aromatic rings. The van der Waals surface area contributed by atoms with Gasteiger partial charge in [0.1, 0.15) is 0 Å². The highest BCUT2D eigenvalue weighted by Crippen LogP contribution is 2.43. The summed E-state index contributed by atoms with van der Waals surface area (Å²) in [6.07, 6.45) is 39.1. The third-order valence-corrected chi connectivity index (χ3v) is 17.8. The van der Waals surface area contributed by atoms with E-state index in [1.807, 2.05) is 36.4 Å². The highest BCUT2D eigenvalue weighted by Gasteiger charge is 2.26. The zero-order chi connectivity index (χ0) is 53.2. The molecule has 0 fully saturated rings. The number of nitrogens with zero attached hydrogens (tertiary/aromatic N) is 2. The largest absolute Gasteiger partial charge is 0.274 e. The Balaban J connectivity index is 1.17. The first-order valence-corrected chi connectivity index (χ1v) is 31.3. The van der Waals surface area contributed by atoms with E-state index in [4.69, 9.17) is 0 Å². The van der Waals surface area contributed by atoms with Crippen molar-refractivity contribution in [3.8, 4) is 0 Å². The molecule has 0 aliphatic rings. The van der Waals surface area contributed by atoms with Crippen LogP contribution in [0.4, 0.5) is 0 Å². The number of hydrogen-bond acceptors (Lipinski definition) is 4. The van der Waals surface area contributed by atoms with Crippen LogP contribution in [0.1, 0.15) is 233 Å². The molecular weight excluding hydrogens is 933 g/mol. The molecule has 2 aromatic heterocycles. The van der Waals surface area contributed by atoms with E-state index in [0.29, 0.717) is 34.6 Å². The standard InChI is InChI=1S/C70H94N2O4/c1-5-9-13-17-21-23-27-31-39-51(37-29-25-19-15-11-7-3)49-71-67(73)63-55-43-35-33-41-53(55)61-57-46-48-60-62(58(57)45-47-59(61)65(63)69(71)75)54-42-34-36-44-56(54)64-66(60)70(76)72(68(64)74)50-52(38-30-26-20-16-12-8-4)40-32-28-24-22-18-14-10-6-2/h33-36,41-48,51-52H,5-32,37-40,49-50H2,1-4H3. The average molecular weight is 1030 g/mol. The molecule has 0 bridgehead atoms. The molecule has 408 valence electrons. The van der Waals surface area contributed by atoms with Gasteiger partial charge >= 0.3 is 0 Å². The summed E-state index contributed by atoms with van der Waals surface area (Å²) < 4.78 is 3.21. The summed E-state index contributed by atoms with van der Waals surface area (Å²) in [7, 11) is 0. The molecule has 6 heteroatoms. The molecule has 6 nitrogen and oxygen atoms in total. The number of unbranched alkanes of at least 4 members (excludes halogenated alkanes) is 24. The summed E-state index contributed by atoms with van der Waals surface area (Å²) in [5.41, 5.74) is -0.683. The van der Waals surface area contributed by atoms with Gasteiger partial charge in [0.05, 0.1) is 21.5 Å². The van der Waals surface area contributed by atoms with Crippen LogP contribution in [0.2, 0.25) is 0 Å². The number of fused-ring (bicyclic) bond motifs is 15. The molecule has 2 atom stereocenters. The molecule has 0 spiro atoms. The number of aromatic nitrogens is 2. The fourth-order valence-corrected chi connectivity index (χ4v) is 13.5. The monoisotopic (exact) mass is 1030 g/mol. The average Bonchev–Trinajstić information content (AvgIpc) is 3.84. The first-order chi connectivity index (χ1) is 37.3. The second-order valence-electron chi connectivity index (χ2n) is 23.5. The van der Waals surface area contributed by atoms with Crippen LogP contribution in [0.25, 0.3) is 75.4 Å². The quantitative estimate of drug-likeness (QED) is 0.0290. The van der Waals surface area contributed by atoms with Crippen molar-refractivity contribution in [3.63, 3.8) is 0 Å². The van der Waals surface area contributed by atoms with Gasteiger partial charge in [-0.15, -0.1) is 0 Å². The van der Waals surface area contributed by atoms with E-state index in [9.17, 15) is 9.59 Å². The van der Waals surface area contributed by atoms with Crippen LogP contribution in [0.5, 0.6) is 0 Å². The molecule has 0 aliphatic heterocycles. The van der Waals surface area contributed by atoms with Gasteiger partial charge < -0.3 is 0 Å². The summed E-state index contributed by atoms with van der Waals surface area (Å²) in [5.74, 6) is 0.555. The Kier molecular flexibility index (Phi) is 21.8. The van der Waals surface area contributed by atoms with E-state index in [0.717, 1.165) is 105 Å². The molecule has 0 radical (unpaired) electrons. The second-order valence-corrected chi connectivity index (χ2v) is 23.5. The first-order valence-electron chi connectivity index (χ1n) is 31.3. The van der Waals surface area contributed by atoms with Crippen LogP contribution in [-0.4, -0.2) is 9.13 Å².